The number of methoxy groups -OCH3 is 1. The second-order valence-electron chi connectivity index (χ2n) is 6.20. The highest BCUT2D eigenvalue weighted by atomic mass is 16.5. The Morgan fingerprint density at radius 2 is 2.04 bits per heavy atom. The van der Waals surface area contributed by atoms with E-state index in [1.165, 1.54) is 0 Å². The number of rotatable bonds is 7. The van der Waals surface area contributed by atoms with Crippen molar-refractivity contribution in [2.45, 2.75) is 25.7 Å². The highest BCUT2D eigenvalue weighted by Crippen LogP contribution is 2.26. The SMILES string of the molecule is COCCCCNC(=O)c1cc2ccccc2nc1N1CCCC1. The average molecular weight is 327 g/mol. The lowest BCUT2D eigenvalue weighted by molar-refractivity contribution is 0.0951. The summed E-state index contributed by atoms with van der Waals surface area (Å²) in [7, 11) is 1.70. The summed E-state index contributed by atoms with van der Waals surface area (Å²) in [5, 5.41) is 4.03. The lowest BCUT2D eigenvalue weighted by Gasteiger charge is -2.20. The molecule has 0 radical (unpaired) electrons. The van der Waals surface area contributed by atoms with Gasteiger partial charge in [-0.2, -0.15) is 0 Å². The number of unbranched alkanes of at least 4 members (excludes halogenated alkanes) is 1. The van der Waals surface area contributed by atoms with E-state index in [1.807, 2.05) is 30.3 Å². The van der Waals surface area contributed by atoms with Gasteiger partial charge >= 0.3 is 0 Å². The fraction of sp³-hybridized carbons (Fsp3) is 0.474. The van der Waals surface area contributed by atoms with Crippen molar-refractivity contribution in [3.63, 3.8) is 0 Å². The van der Waals surface area contributed by atoms with E-state index in [-0.39, 0.29) is 5.91 Å². The number of benzene rings is 1. The minimum absolute atomic E-state index is 0.0347. The maximum absolute atomic E-state index is 12.7. The highest BCUT2D eigenvalue weighted by Gasteiger charge is 2.21. The molecule has 1 aromatic carbocycles. The molecule has 128 valence electrons. The topological polar surface area (TPSA) is 54.5 Å². The molecule has 24 heavy (non-hydrogen) atoms. The molecule has 0 atom stereocenters. The third-order valence-electron chi connectivity index (χ3n) is 4.41. The van der Waals surface area contributed by atoms with E-state index in [0.29, 0.717) is 12.1 Å². The zero-order valence-electron chi connectivity index (χ0n) is 14.3. The summed E-state index contributed by atoms with van der Waals surface area (Å²) in [5.41, 5.74) is 1.62. The third kappa shape index (κ3) is 3.85. The lowest BCUT2D eigenvalue weighted by atomic mass is 10.1. The Labute approximate surface area is 143 Å². The molecular weight excluding hydrogens is 302 g/mol. The van der Waals surface area contributed by atoms with Gasteiger partial charge in [0.15, 0.2) is 0 Å². The molecule has 0 saturated carbocycles. The molecule has 1 aliphatic heterocycles. The number of carbonyl (C=O) groups excluding carboxylic acids is 1. The van der Waals surface area contributed by atoms with Gasteiger partial charge in [-0.1, -0.05) is 18.2 Å². The number of aromatic nitrogens is 1. The zero-order chi connectivity index (χ0) is 16.8. The number of hydrogen-bond acceptors (Lipinski definition) is 4. The normalized spacial score (nSPS) is 14.3. The number of pyridine rings is 1. The van der Waals surface area contributed by atoms with Gasteiger partial charge in [0, 0.05) is 38.7 Å². The minimum Gasteiger partial charge on any atom is -0.385 e. The van der Waals surface area contributed by atoms with Crippen molar-refractivity contribution in [3.8, 4) is 0 Å². The van der Waals surface area contributed by atoms with Gasteiger partial charge < -0.3 is 15.0 Å². The van der Waals surface area contributed by atoms with Crippen LogP contribution in [0.15, 0.2) is 30.3 Å². The van der Waals surface area contributed by atoms with Crippen LogP contribution >= 0.6 is 0 Å². The molecule has 2 heterocycles. The Morgan fingerprint density at radius 3 is 2.83 bits per heavy atom. The maximum atomic E-state index is 12.7. The van der Waals surface area contributed by atoms with Crippen LogP contribution in [0, 0.1) is 0 Å². The molecule has 5 heteroatoms. The standard InChI is InChI=1S/C19H25N3O2/c1-24-13-7-4-10-20-19(23)16-14-15-8-2-3-9-17(15)21-18(16)22-11-5-6-12-22/h2-3,8-9,14H,4-7,10-13H2,1H3,(H,20,23). The van der Waals surface area contributed by atoms with Crippen molar-refractivity contribution in [1.82, 2.24) is 10.3 Å². The molecule has 5 nitrogen and oxygen atoms in total. The predicted molar refractivity (Wildman–Crippen MR) is 96.6 cm³/mol. The fourth-order valence-corrected chi connectivity index (χ4v) is 3.11. The smallest absolute Gasteiger partial charge is 0.255 e. The Morgan fingerprint density at radius 1 is 1.25 bits per heavy atom. The van der Waals surface area contributed by atoms with E-state index in [0.717, 1.165) is 62.1 Å². The molecule has 3 rings (SSSR count). The van der Waals surface area contributed by atoms with Crippen LogP contribution in [-0.2, 0) is 4.74 Å². The summed E-state index contributed by atoms with van der Waals surface area (Å²) in [5.74, 6) is 0.785. The molecular formula is C19H25N3O2. The number of carbonyl (C=O) groups is 1. The van der Waals surface area contributed by atoms with Crippen molar-refractivity contribution in [3.05, 3.63) is 35.9 Å². The Hall–Kier alpha value is -2.14. The lowest BCUT2D eigenvalue weighted by Crippen LogP contribution is -2.29. The van der Waals surface area contributed by atoms with Crippen molar-refractivity contribution in [1.29, 1.82) is 0 Å². The number of ether oxygens (including phenoxy) is 1. The van der Waals surface area contributed by atoms with Crippen LogP contribution in [0.1, 0.15) is 36.0 Å². The summed E-state index contributed by atoms with van der Waals surface area (Å²) >= 11 is 0. The van der Waals surface area contributed by atoms with Crippen LogP contribution in [0.2, 0.25) is 0 Å². The van der Waals surface area contributed by atoms with Gasteiger partial charge in [-0.15, -0.1) is 0 Å². The van der Waals surface area contributed by atoms with Gasteiger partial charge in [-0.25, -0.2) is 4.98 Å². The highest BCUT2D eigenvalue weighted by molar-refractivity contribution is 6.02. The molecule has 1 saturated heterocycles. The van der Waals surface area contributed by atoms with E-state index in [4.69, 9.17) is 9.72 Å². The van der Waals surface area contributed by atoms with E-state index in [9.17, 15) is 4.79 Å². The number of anilines is 1. The van der Waals surface area contributed by atoms with E-state index in [2.05, 4.69) is 10.2 Å². The maximum Gasteiger partial charge on any atom is 0.255 e. The summed E-state index contributed by atoms with van der Waals surface area (Å²) in [6, 6.07) is 9.94. The van der Waals surface area contributed by atoms with E-state index in [1.54, 1.807) is 7.11 Å². The largest absolute Gasteiger partial charge is 0.385 e. The van der Waals surface area contributed by atoms with Crippen LogP contribution < -0.4 is 10.2 Å². The second kappa shape index (κ2) is 8.11. The molecule has 0 bridgehead atoms. The molecule has 1 N–H and O–H groups in total. The van der Waals surface area contributed by atoms with Gasteiger partial charge in [0.25, 0.3) is 5.91 Å². The summed E-state index contributed by atoms with van der Waals surface area (Å²) in [4.78, 5) is 19.7. The van der Waals surface area contributed by atoms with Gasteiger partial charge in [0.2, 0.25) is 0 Å². The number of hydrogen-bond donors (Lipinski definition) is 1. The molecule has 1 amide bonds. The molecule has 0 unspecified atom stereocenters. The van der Waals surface area contributed by atoms with E-state index < -0.39 is 0 Å². The van der Waals surface area contributed by atoms with Gasteiger partial charge in [0.1, 0.15) is 5.82 Å². The van der Waals surface area contributed by atoms with Crippen molar-refractivity contribution in [2.24, 2.45) is 0 Å². The van der Waals surface area contributed by atoms with Crippen molar-refractivity contribution in [2.75, 3.05) is 38.3 Å². The Kier molecular flexibility index (Phi) is 5.64. The van der Waals surface area contributed by atoms with Crippen LogP contribution in [0.3, 0.4) is 0 Å². The number of fused-ring (bicyclic) bond motifs is 1. The number of amides is 1. The van der Waals surface area contributed by atoms with Gasteiger partial charge in [-0.3, -0.25) is 4.79 Å². The first-order valence-electron chi connectivity index (χ1n) is 8.71. The summed E-state index contributed by atoms with van der Waals surface area (Å²) in [6.45, 7) is 3.33. The predicted octanol–water partition coefficient (Wildman–Crippen LogP) is 2.99. The third-order valence-corrected chi connectivity index (χ3v) is 4.41. The molecule has 0 aliphatic carbocycles. The molecule has 0 spiro atoms. The average Bonchev–Trinajstić information content (AvgIpc) is 3.14. The zero-order valence-corrected chi connectivity index (χ0v) is 14.3. The summed E-state index contributed by atoms with van der Waals surface area (Å²) < 4.78 is 5.04. The summed E-state index contributed by atoms with van der Waals surface area (Å²) in [6.07, 6.45) is 4.19. The number of para-hydroxylation sites is 1. The number of nitrogens with zero attached hydrogens (tertiary/aromatic N) is 2. The molecule has 2 aromatic rings. The molecule has 1 aromatic heterocycles. The monoisotopic (exact) mass is 327 g/mol. The Bertz CT molecular complexity index is 696. The van der Waals surface area contributed by atoms with Crippen molar-refractivity contribution < 1.29 is 9.53 Å². The quantitative estimate of drug-likeness (QED) is 0.794. The minimum atomic E-state index is -0.0347. The van der Waals surface area contributed by atoms with Crippen molar-refractivity contribution >= 4 is 22.6 Å². The Balaban J connectivity index is 1.81. The first kappa shape index (κ1) is 16.7. The molecule has 1 aliphatic rings. The first-order chi connectivity index (χ1) is 11.8. The van der Waals surface area contributed by atoms with Crippen LogP contribution in [0.25, 0.3) is 10.9 Å². The van der Waals surface area contributed by atoms with Crippen LogP contribution in [-0.4, -0.2) is 44.2 Å². The van der Waals surface area contributed by atoms with Crippen LogP contribution in [0.5, 0.6) is 0 Å². The van der Waals surface area contributed by atoms with Crippen LogP contribution in [0.4, 0.5) is 5.82 Å². The van der Waals surface area contributed by atoms with Gasteiger partial charge in [0.05, 0.1) is 11.1 Å². The number of nitrogens with one attached hydrogen (secondary N) is 1. The van der Waals surface area contributed by atoms with E-state index >= 15 is 0 Å². The first-order valence-corrected chi connectivity index (χ1v) is 8.71. The molecule has 1 fully saturated rings. The van der Waals surface area contributed by atoms with Gasteiger partial charge in [-0.05, 0) is 37.8 Å². The fourth-order valence-electron chi connectivity index (χ4n) is 3.11. The second-order valence-corrected chi connectivity index (χ2v) is 6.20.